The van der Waals surface area contributed by atoms with Gasteiger partial charge in [0.25, 0.3) is 0 Å². The summed E-state index contributed by atoms with van der Waals surface area (Å²) >= 11 is 0. The normalized spacial score (nSPS) is 42.2. The first-order valence-corrected chi connectivity index (χ1v) is 7.38. The summed E-state index contributed by atoms with van der Waals surface area (Å²) in [6, 6.07) is 0. The number of hydrogen-bond acceptors (Lipinski definition) is 1. The van der Waals surface area contributed by atoms with Gasteiger partial charge in [0.15, 0.2) is 0 Å². The fraction of sp³-hybridized carbons (Fsp3) is 1.00. The first kappa shape index (κ1) is 13.4. The third-order valence-electron chi connectivity index (χ3n) is 5.55. The van der Waals surface area contributed by atoms with E-state index in [1.165, 1.54) is 19.3 Å². The highest BCUT2D eigenvalue weighted by atomic mass is 16.3. The SMILES string of the molecule is CCC1C2CC(CC2C(C)(C)O)C1C(C)(C)C. The molecule has 5 unspecified atom stereocenters. The van der Waals surface area contributed by atoms with E-state index in [0.717, 1.165) is 23.7 Å². The lowest BCUT2D eigenvalue weighted by molar-refractivity contribution is -0.0458. The van der Waals surface area contributed by atoms with Crippen molar-refractivity contribution in [3.8, 4) is 0 Å². The van der Waals surface area contributed by atoms with E-state index < -0.39 is 5.60 Å². The fourth-order valence-electron chi connectivity index (χ4n) is 5.21. The molecule has 2 rings (SSSR count). The highest BCUT2D eigenvalue weighted by Crippen LogP contribution is 2.62. The Morgan fingerprint density at radius 2 is 1.65 bits per heavy atom. The molecule has 0 heterocycles. The standard InChI is InChI=1S/C16H30O/c1-7-11-12-8-10(14(11)15(2,3)4)9-13(12)16(5,6)17/h10-14,17H,7-9H2,1-6H3. The van der Waals surface area contributed by atoms with Crippen LogP contribution in [0.5, 0.6) is 0 Å². The van der Waals surface area contributed by atoms with Crippen LogP contribution in [0.2, 0.25) is 0 Å². The molecule has 0 aromatic heterocycles. The van der Waals surface area contributed by atoms with Gasteiger partial charge in [-0.25, -0.2) is 0 Å². The van der Waals surface area contributed by atoms with Crippen molar-refractivity contribution in [3.63, 3.8) is 0 Å². The van der Waals surface area contributed by atoms with Crippen molar-refractivity contribution in [2.75, 3.05) is 0 Å². The van der Waals surface area contributed by atoms with Crippen molar-refractivity contribution in [3.05, 3.63) is 0 Å². The van der Waals surface area contributed by atoms with Crippen LogP contribution < -0.4 is 0 Å². The van der Waals surface area contributed by atoms with E-state index in [9.17, 15) is 5.11 Å². The Kier molecular flexibility index (Phi) is 3.14. The maximum atomic E-state index is 10.3. The predicted octanol–water partition coefficient (Wildman–Crippen LogP) is 4.10. The van der Waals surface area contributed by atoms with Gasteiger partial charge in [-0.05, 0) is 61.7 Å². The van der Waals surface area contributed by atoms with E-state index in [0.29, 0.717) is 11.3 Å². The smallest absolute Gasteiger partial charge is 0.0622 e. The highest BCUT2D eigenvalue weighted by Gasteiger charge is 2.57. The number of aliphatic hydroxyl groups is 1. The summed E-state index contributed by atoms with van der Waals surface area (Å²) in [5, 5.41) is 10.3. The van der Waals surface area contributed by atoms with Gasteiger partial charge in [0.2, 0.25) is 0 Å². The van der Waals surface area contributed by atoms with Gasteiger partial charge in [-0.1, -0.05) is 34.1 Å². The van der Waals surface area contributed by atoms with Crippen LogP contribution in [-0.2, 0) is 0 Å². The van der Waals surface area contributed by atoms with E-state index in [1.807, 2.05) is 13.8 Å². The van der Waals surface area contributed by atoms with Gasteiger partial charge in [-0.2, -0.15) is 0 Å². The number of rotatable bonds is 2. The zero-order valence-electron chi connectivity index (χ0n) is 12.5. The van der Waals surface area contributed by atoms with Crippen molar-refractivity contribution in [1.29, 1.82) is 0 Å². The van der Waals surface area contributed by atoms with Crippen molar-refractivity contribution >= 4 is 0 Å². The van der Waals surface area contributed by atoms with E-state index in [1.54, 1.807) is 0 Å². The van der Waals surface area contributed by atoms with E-state index in [2.05, 4.69) is 27.7 Å². The molecule has 0 saturated heterocycles. The molecule has 0 aromatic carbocycles. The van der Waals surface area contributed by atoms with Crippen LogP contribution in [0.3, 0.4) is 0 Å². The van der Waals surface area contributed by atoms with Gasteiger partial charge in [0.05, 0.1) is 5.60 Å². The second-order valence-electron chi connectivity index (χ2n) is 8.12. The molecule has 100 valence electrons. The molecule has 5 atom stereocenters. The first-order chi connectivity index (χ1) is 7.66. The molecule has 2 aliphatic carbocycles. The molecule has 17 heavy (non-hydrogen) atoms. The van der Waals surface area contributed by atoms with Crippen LogP contribution in [0.15, 0.2) is 0 Å². The number of hydrogen-bond donors (Lipinski definition) is 1. The minimum atomic E-state index is -0.476. The Morgan fingerprint density at radius 1 is 1.06 bits per heavy atom. The van der Waals surface area contributed by atoms with Crippen LogP contribution >= 0.6 is 0 Å². The van der Waals surface area contributed by atoms with E-state index >= 15 is 0 Å². The lowest BCUT2D eigenvalue weighted by Gasteiger charge is -2.45. The lowest BCUT2D eigenvalue weighted by atomic mass is 9.61. The molecule has 0 aromatic rings. The van der Waals surface area contributed by atoms with Gasteiger partial charge in [-0.3, -0.25) is 0 Å². The highest BCUT2D eigenvalue weighted by molar-refractivity contribution is 5.06. The van der Waals surface area contributed by atoms with Crippen LogP contribution in [0.4, 0.5) is 0 Å². The molecule has 0 amide bonds. The molecular formula is C16H30O. The topological polar surface area (TPSA) is 20.2 Å². The van der Waals surface area contributed by atoms with E-state index in [4.69, 9.17) is 0 Å². The van der Waals surface area contributed by atoms with Gasteiger partial charge in [0, 0.05) is 0 Å². The maximum absolute atomic E-state index is 10.3. The Bertz CT molecular complexity index is 281. The quantitative estimate of drug-likeness (QED) is 0.768. The molecule has 1 nitrogen and oxygen atoms in total. The molecule has 0 spiro atoms. The van der Waals surface area contributed by atoms with Gasteiger partial charge in [-0.15, -0.1) is 0 Å². The summed E-state index contributed by atoms with van der Waals surface area (Å²) in [7, 11) is 0. The van der Waals surface area contributed by atoms with Crippen molar-refractivity contribution in [2.45, 2.75) is 66.4 Å². The molecular weight excluding hydrogens is 208 g/mol. The van der Waals surface area contributed by atoms with Crippen LogP contribution in [0.25, 0.3) is 0 Å². The third kappa shape index (κ3) is 2.16. The minimum absolute atomic E-state index is 0.435. The minimum Gasteiger partial charge on any atom is -0.390 e. The molecule has 0 aliphatic heterocycles. The summed E-state index contributed by atoms with van der Waals surface area (Å²) in [5.41, 5.74) is -0.0413. The van der Waals surface area contributed by atoms with Crippen LogP contribution in [0, 0.1) is 35.0 Å². The lowest BCUT2D eigenvalue weighted by Crippen LogP contribution is -2.43. The van der Waals surface area contributed by atoms with Crippen molar-refractivity contribution in [1.82, 2.24) is 0 Å². The van der Waals surface area contributed by atoms with Crippen LogP contribution in [0.1, 0.15) is 60.8 Å². The molecule has 1 N–H and O–H groups in total. The largest absolute Gasteiger partial charge is 0.390 e. The maximum Gasteiger partial charge on any atom is 0.0622 e. The summed E-state index contributed by atoms with van der Waals surface area (Å²) < 4.78 is 0. The molecule has 2 bridgehead atoms. The molecule has 0 radical (unpaired) electrons. The molecule has 2 saturated carbocycles. The molecule has 1 heteroatoms. The second-order valence-corrected chi connectivity index (χ2v) is 8.12. The van der Waals surface area contributed by atoms with Crippen molar-refractivity contribution in [2.24, 2.45) is 35.0 Å². The van der Waals surface area contributed by atoms with E-state index in [-0.39, 0.29) is 0 Å². The first-order valence-electron chi connectivity index (χ1n) is 7.38. The summed E-state index contributed by atoms with van der Waals surface area (Å²) in [6.07, 6.45) is 3.91. The average Bonchev–Trinajstić information content (AvgIpc) is 2.70. The summed E-state index contributed by atoms with van der Waals surface area (Å²) in [4.78, 5) is 0. The van der Waals surface area contributed by atoms with Crippen molar-refractivity contribution < 1.29 is 5.11 Å². The average molecular weight is 238 g/mol. The van der Waals surface area contributed by atoms with Gasteiger partial charge >= 0.3 is 0 Å². The van der Waals surface area contributed by atoms with Gasteiger partial charge in [0.1, 0.15) is 0 Å². The van der Waals surface area contributed by atoms with Gasteiger partial charge < -0.3 is 5.11 Å². The summed E-state index contributed by atoms with van der Waals surface area (Å²) in [6.45, 7) is 13.6. The Balaban J connectivity index is 2.22. The Morgan fingerprint density at radius 3 is 2.06 bits per heavy atom. The summed E-state index contributed by atoms with van der Waals surface area (Å²) in [5.74, 6) is 3.88. The Labute approximate surface area is 107 Å². The number of fused-ring (bicyclic) bond motifs is 2. The Hall–Kier alpha value is -0.0400. The zero-order valence-corrected chi connectivity index (χ0v) is 12.5. The zero-order chi connectivity index (χ0) is 13.0. The monoisotopic (exact) mass is 238 g/mol. The fourth-order valence-corrected chi connectivity index (χ4v) is 5.21. The predicted molar refractivity (Wildman–Crippen MR) is 72.7 cm³/mol. The molecule has 2 fully saturated rings. The molecule has 2 aliphatic rings. The van der Waals surface area contributed by atoms with Crippen LogP contribution in [-0.4, -0.2) is 10.7 Å². The second kappa shape index (κ2) is 3.98. The third-order valence-corrected chi connectivity index (χ3v) is 5.55.